The van der Waals surface area contributed by atoms with Crippen LogP contribution in [0.1, 0.15) is 19.4 Å². The lowest BCUT2D eigenvalue weighted by Gasteiger charge is -2.10. The number of nitrogens with one attached hydrogen (secondary N) is 1. The van der Waals surface area contributed by atoms with E-state index in [0.717, 1.165) is 24.5 Å². The lowest BCUT2D eigenvalue weighted by Crippen LogP contribution is -2.24. The maximum Gasteiger partial charge on any atom is 0.231 e. The van der Waals surface area contributed by atoms with Crippen molar-refractivity contribution in [1.29, 1.82) is 0 Å². The number of fused-ring (bicyclic) bond motifs is 1. The number of hydrogen-bond acceptors (Lipinski definition) is 4. The third-order valence-electron chi connectivity index (χ3n) is 2.68. The second kappa shape index (κ2) is 5.27. The van der Waals surface area contributed by atoms with Crippen molar-refractivity contribution in [2.75, 3.05) is 20.4 Å². The summed E-state index contributed by atoms with van der Waals surface area (Å²) >= 11 is 0. The van der Waals surface area contributed by atoms with Crippen molar-refractivity contribution >= 4 is 0 Å². The molecule has 1 N–H and O–H groups in total. The smallest absolute Gasteiger partial charge is 0.231 e. The highest BCUT2D eigenvalue weighted by Gasteiger charge is 2.19. The van der Waals surface area contributed by atoms with Gasteiger partial charge in [0.15, 0.2) is 11.5 Å². The first-order valence-electron chi connectivity index (χ1n) is 5.90. The molecule has 1 aromatic rings. The first-order chi connectivity index (χ1) is 8.20. The molecule has 4 heteroatoms. The zero-order chi connectivity index (χ0) is 12.3. The van der Waals surface area contributed by atoms with Crippen molar-refractivity contribution in [2.24, 2.45) is 0 Å². The molecule has 0 aromatic heterocycles. The largest absolute Gasteiger partial charge is 0.493 e. The quantitative estimate of drug-likeness (QED) is 0.850. The monoisotopic (exact) mass is 237 g/mol. The molecule has 0 amide bonds. The minimum atomic E-state index is 0.277. The van der Waals surface area contributed by atoms with Gasteiger partial charge in [0.1, 0.15) is 0 Å². The summed E-state index contributed by atoms with van der Waals surface area (Å²) in [5.41, 5.74) is 1.19. The highest BCUT2D eigenvalue weighted by atomic mass is 16.7. The van der Waals surface area contributed by atoms with Gasteiger partial charge >= 0.3 is 0 Å². The molecule has 94 valence electrons. The van der Waals surface area contributed by atoms with E-state index in [2.05, 4.69) is 19.2 Å². The number of rotatable bonds is 5. The van der Waals surface area contributed by atoms with Crippen molar-refractivity contribution in [1.82, 2.24) is 5.32 Å². The fourth-order valence-corrected chi connectivity index (χ4v) is 1.83. The lowest BCUT2D eigenvalue weighted by molar-refractivity contribution is 0.171. The van der Waals surface area contributed by atoms with Crippen LogP contribution in [-0.4, -0.2) is 26.5 Å². The second-order valence-electron chi connectivity index (χ2n) is 4.39. The standard InChI is InChI=1S/C13H19NO3/c1-9(2)14-5-4-10-6-11(15-3)13-12(7-10)16-8-17-13/h6-7,9,14H,4-5,8H2,1-3H3. The van der Waals surface area contributed by atoms with Gasteiger partial charge in [0.2, 0.25) is 12.5 Å². The molecule has 1 heterocycles. The van der Waals surface area contributed by atoms with E-state index < -0.39 is 0 Å². The number of benzene rings is 1. The van der Waals surface area contributed by atoms with E-state index in [1.165, 1.54) is 5.56 Å². The predicted octanol–water partition coefficient (Wildman–Crippen LogP) is 1.96. The summed E-state index contributed by atoms with van der Waals surface area (Å²) in [6.45, 7) is 5.50. The number of ether oxygens (including phenoxy) is 3. The minimum Gasteiger partial charge on any atom is -0.493 e. The molecule has 1 aliphatic heterocycles. The molecular weight excluding hydrogens is 218 g/mol. The Morgan fingerprint density at radius 3 is 2.88 bits per heavy atom. The van der Waals surface area contributed by atoms with Crippen molar-refractivity contribution in [3.05, 3.63) is 17.7 Å². The van der Waals surface area contributed by atoms with Crippen LogP contribution >= 0.6 is 0 Å². The molecule has 0 spiro atoms. The number of methoxy groups -OCH3 is 1. The molecule has 0 fully saturated rings. The van der Waals surface area contributed by atoms with Crippen LogP contribution in [0.4, 0.5) is 0 Å². The molecule has 4 nitrogen and oxygen atoms in total. The van der Waals surface area contributed by atoms with E-state index in [-0.39, 0.29) is 6.79 Å². The van der Waals surface area contributed by atoms with Gasteiger partial charge in [-0.25, -0.2) is 0 Å². The summed E-state index contributed by atoms with van der Waals surface area (Å²) in [5, 5.41) is 3.39. The Kier molecular flexibility index (Phi) is 3.74. The molecule has 2 rings (SSSR count). The Morgan fingerprint density at radius 1 is 1.35 bits per heavy atom. The van der Waals surface area contributed by atoms with Gasteiger partial charge in [-0.05, 0) is 30.7 Å². The van der Waals surface area contributed by atoms with Crippen LogP contribution in [0.25, 0.3) is 0 Å². The normalized spacial score (nSPS) is 13.2. The molecular formula is C13H19NO3. The van der Waals surface area contributed by atoms with Crippen LogP contribution in [0.15, 0.2) is 12.1 Å². The summed E-state index contributed by atoms with van der Waals surface area (Å²) < 4.78 is 16.0. The lowest BCUT2D eigenvalue weighted by atomic mass is 10.1. The van der Waals surface area contributed by atoms with Gasteiger partial charge in [-0.15, -0.1) is 0 Å². The summed E-state index contributed by atoms with van der Waals surface area (Å²) in [4.78, 5) is 0. The van der Waals surface area contributed by atoms with Gasteiger partial charge in [0.25, 0.3) is 0 Å². The maximum atomic E-state index is 5.39. The topological polar surface area (TPSA) is 39.7 Å². The van der Waals surface area contributed by atoms with Gasteiger partial charge < -0.3 is 19.5 Å². The SMILES string of the molecule is COc1cc(CCNC(C)C)cc2c1OCO2. The predicted molar refractivity (Wildman–Crippen MR) is 66.0 cm³/mol. The van der Waals surface area contributed by atoms with Gasteiger partial charge in [0, 0.05) is 6.04 Å². The molecule has 0 aliphatic carbocycles. The fraction of sp³-hybridized carbons (Fsp3) is 0.538. The highest BCUT2D eigenvalue weighted by molar-refractivity contribution is 5.55. The molecule has 0 saturated heterocycles. The molecule has 0 radical (unpaired) electrons. The molecule has 0 atom stereocenters. The van der Waals surface area contributed by atoms with E-state index in [0.29, 0.717) is 11.8 Å². The molecule has 1 aromatic carbocycles. The maximum absolute atomic E-state index is 5.39. The number of hydrogen-bond donors (Lipinski definition) is 1. The van der Waals surface area contributed by atoms with Crippen LogP contribution in [0.2, 0.25) is 0 Å². The van der Waals surface area contributed by atoms with Crippen molar-refractivity contribution in [2.45, 2.75) is 26.3 Å². The van der Waals surface area contributed by atoms with Crippen LogP contribution in [0, 0.1) is 0 Å². The Bertz CT molecular complexity index is 390. The second-order valence-corrected chi connectivity index (χ2v) is 4.39. The van der Waals surface area contributed by atoms with E-state index in [1.54, 1.807) is 7.11 Å². The summed E-state index contributed by atoms with van der Waals surface area (Å²) in [5.74, 6) is 2.25. The molecule has 0 bridgehead atoms. The highest BCUT2D eigenvalue weighted by Crippen LogP contribution is 2.41. The molecule has 17 heavy (non-hydrogen) atoms. The fourth-order valence-electron chi connectivity index (χ4n) is 1.83. The Balaban J connectivity index is 2.08. The first-order valence-corrected chi connectivity index (χ1v) is 5.90. The van der Waals surface area contributed by atoms with E-state index in [4.69, 9.17) is 14.2 Å². The van der Waals surface area contributed by atoms with Gasteiger partial charge in [-0.2, -0.15) is 0 Å². The third-order valence-corrected chi connectivity index (χ3v) is 2.68. The molecule has 0 unspecified atom stereocenters. The Hall–Kier alpha value is -1.42. The summed E-state index contributed by atoms with van der Waals surface area (Å²) in [7, 11) is 1.65. The Labute approximate surface area is 102 Å². The zero-order valence-electron chi connectivity index (χ0n) is 10.6. The van der Waals surface area contributed by atoms with Crippen LogP contribution < -0.4 is 19.5 Å². The van der Waals surface area contributed by atoms with Crippen molar-refractivity contribution < 1.29 is 14.2 Å². The third kappa shape index (κ3) is 2.82. The molecule has 0 saturated carbocycles. The zero-order valence-corrected chi connectivity index (χ0v) is 10.6. The average molecular weight is 237 g/mol. The van der Waals surface area contributed by atoms with Crippen LogP contribution in [-0.2, 0) is 6.42 Å². The Morgan fingerprint density at radius 2 is 2.18 bits per heavy atom. The van der Waals surface area contributed by atoms with E-state index in [1.807, 2.05) is 12.1 Å². The van der Waals surface area contributed by atoms with E-state index >= 15 is 0 Å². The minimum absolute atomic E-state index is 0.277. The van der Waals surface area contributed by atoms with Gasteiger partial charge in [0.05, 0.1) is 7.11 Å². The van der Waals surface area contributed by atoms with Crippen LogP contribution in [0.5, 0.6) is 17.2 Å². The molecule has 1 aliphatic rings. The van der Waals surface area contributed by atoms with Gasteiger partial charge in [-0.1, -0.05) is 13.8 Å². The first kappa shape index (κ1) is 12.0. The van der Waals surface area contributed by atoms with Crippen molar-refractivity contribution in [3.8, 4) is 17.2 Å². The van der Waals surface area contributed by atoms with Gasteiger partial charge in [-0.3, -0.25) is 0 Å². The van der Waals surface area contributed by atoms with Crippen LogP contribution in [0.3, 0.4) is 0 Å². The van der Waals surface area contributed by atoms with E-state index in [9.17, 15) is 0 Å². The summed E-state index contributed by atoms with van der Waals surface area (Å²) in [6, 6.07) is 4.54. The van der Waals surface area contributed by atoms with Crippen molar-refractivity contribution in [3.63, 3.8) is 0 Å². The average Bonchev–Trinajstić information content (AvgIpc) is 2.75. The summed E-state index contributed by atoms with van der Waals surface area (Å²) in [6.07, 6.45) is 0.950.